The highest BCUT2D eigenvalue weighted by atomic mass is 16.5. The maximum absolute atomic E-state index is 10.2. The Kier molecular flexibility index (Phi) is 5.64. The second-order valence-electron chi connectivity index (χ2n) is 1.99. The van der Waals surface area contributed by atoms with Crippen molar-refractivity contribution in [3.8, 4) is 0 Å². The van der Waals surface area contributed by atoms with Crippen molar-refractivity contribution in [1.82, 2.24) is 4.98 Å². The molecular weight excluding hydrogens is 160 g/mol. The van der Waals surface area contributed by atoms with E-state index in [0.717, 1.165) is 0 Å². The van der Waals surface area contributed by atoms with E-state index in [9.17, 15) is 4.79 Å². The summed E-state index contributed by atoms with van der Waals surface area (Å²) in [5.41, 5.74) is 5.07. The van der Waals surface area contributed by atoms with Crippen LogP contribution in [-0.2, 0) is 9.53 Å². The number of methoxy groups -OCH3 is 1. The van der Waals surface area contributed by atoms with Gasteiger partial charge in [0.05, 0.1) is 13.3 Å². The lowest BCUT2D eigenvalue weighted by Crippen LogP contribution is -2.27. The van der Waals surface area contributed by atoms with Crippen LogP contribution in [0.25, 0.3) is 0 Å². The lowest BCUT2D eigenvalue weighted by molar-refractivity contribution is -0.141. The average Bonchev–Trinajstić information content (AvgIpc) is 2.59. The van der Waals surface area contributed by atoms with Gasteiger partial charge in [0.2, 0.25) is 0 Å². The molecule has 0 aliphatic heterocycles. The first-order valence-electron chi connectivity index (χ1n) is 3.34. The molecule has 5 heteroatoms. The van der Waals surface area contributed by atoms with Crippen molar-refractivity contribution in [3.63, 3.8) is 0 Å². The third-order valence-electron chi connectivity index (χ3n) is 0.920. The third-order valence-corrected chi connectivity index (χ3v) is 0.920. The maximum Gasteiger partial charge on any atom is 0.322 e. The summed E-state index contributed by atoms with van der Waals surface area (Å²) in [6.45, 7) is 1.58. The van der Waals surface area contributed by atoms with Gasteiger partial charge in [-0.1, -0.05) is 0 Å². The highest BCUT2D eigenvalue weighted by molar-refractivity contribution is 5.74. The van der Waals surface area contributed by atoms with Crippen LogP contribution in [0, 0.1) is 0 Å². The highest BCUT2D eigenvalue weighted by Gasteiger charge is 2.03. The van der Waals surface area contributed by atoms with Crippen molar-refractivity contribution < 1.29 is 13.9 Å². The van der Waals surface area contributed by atoms with Gasteiger partial charge in [0.1, 0.15) is 12.3 Å². The van der Waals surface area contributed by atoms with E-state index in [1.165, 1.54) is 19.8 Å². The minimum Gasteiger partial charge on any atom is -0.468 e. The quantitative estimate of drug-likeness (QED) is 0.611. The number of aromatic nitrogens is 1. The van der Waals surface area contributed by atoms with Crippen LogP contribution >= 0.6 is 0 Å². The van der Waals surface area contributed by atoms with Crippen LogP contribution in [0.1, 0.15) is 6.92 Å². The van der Waals surface area contributed by atoms with Gasteiger partial charge in [0, 0.05) is 0 Å². The van der Waals surface area contributed by atoms with Crippen LogP contribution in [-0.4, -0.2) is 24.1 Å². The van der Waals surface area contributed by atoms with Crippen molar-refractivity contribution in [2.24, 2.45) is 5.73 Å². The summed E-state index contributed by atoms with van der Waals surface area (Å²) in [5.74, 6) is -0.375. The molecule has 0 fully saturated rings. The van der Waals surface area contributed by atoms with Crippen LogP contribution in [0.2, 0.25) is 0 Å². The molecule has 68 valence electrons. The number of ether oxygens (including phenoxy) is 1. The van der Waals surface area contributed by atoms with E-state index in [1.807, 2.05) is 0 Å². The Morgan fingerprint density at radius 1 is 1.75 bits per heavy atom. The van der Waals surface area contributed by atoms with Crippen molar-refractivity contribution >= 4 is 5.97 Å². The average molecular weight is 172 g/mol. The van der Waals surface area contributed by atoms with Gasteiger partial charge < -0.3 is 14.9 Å². The van der Waals surface area contributed by atoms with Gasteiger partial charge in [-0.05, 0) is 6.92 Å². The fraction of sp³-hybridized carbons (Fsp3) is 0.429. The molecule has 0 amide bonds. The molecule has 12 heavy (non-hydrogen) atoms. The Morgan fingerprint density at radius 2 is 2.42 bits per heavy atom. The largest absolute Gasteiger partial charge is 0.468 e. The normalized spacial score (nSPS) is 10.9. The molecular formula is C7H12N2O3. The van der Waals surface area contributed by atoms with Crippen molar-refractivity contribution in [3.05, 3.63) is 18.9 Å². The zero-order chi connectivity index (χ0) is 9.40. The van der Waals surface area contributed by atoms with Gasteiger partial charge >= 0.3 is 5.97 Å². The maximum atomic E-state index is 10.2. The summed E-state index contributed by atoms with van der Waals surface area (Å²) in [5, 5.41) is 0. The molecule has 0 aliphatic carbocycles. The minimum absolute atomic E-state index is 0.375. The van der Waals surface area contributed by atoms with Gasteiger partial charge in [0.25, 0.3) is 0 Å². The molecule has 1 aromatic heterocycles. The fourth-order valence-corrected chi connectivity index (χ4v) is 0.362. The van der Waals surface area contributed by atoms with Gasteiger partial charge in [0.15, 0.2) is 6.39 Å². The Hall–Kier alpha value is -1.36. The summed E-state index contributed by atoms with van der Waals surface area (Å²) in [6, 6.07) is -0.495. The fourth-order valence-electron chi connectivity index (χ4n) is 0.362. The first kappa shape index (κ1) is 10.6. The molecule has 1 unspecified atom stereocenters. The smallest absolute Gasteiger partial charge is 0.322 e. The number of nitrogens with two attached hydrogens (primary N) is 1. The molecule has 1 aromatic rings. The number of oxazole rings is 1. The predicted molar refractivity (Wildman–Crippen MR) is 42.2 cm³/mol. The van der Waals surface area contributed by atoms with E-state index < -0.39 is 6.04 Å². The number of rotatable bonds is 1. The van der Waals surface area contributed by atoms with Gasteiger partial charge in [-0.15, -0.1) is 0 Å². The molecule has 2 N–H and O–H groups in total. The van der Waals surface area contributed by atoms with Crippen molar-refractivity contribution in [2.75, 3.05) is 7.11 Å². The first-order chi connectivity index (χ1) is 5.68. The number of carbonyl (C=O) groups excluding carboxylic acids is 1. The number of nitrogens with zero attached hydrogens (tertiary/aromatic N) is 1. The summed E-state index contributed by atoms with van der Waals surface area (Å²) < 4.78 is 8.72. The van der Waals surface area contributed by atoms with Gasteiger partial charge in [-0.2, -0.15) is 0 Å². The molecule has 0 aliphatic rings. The number of esters is 1. The molecule has 0 radical (unpaired) electrons. The van der Waals surface area contributed by atoms with Gasteiger partial charge in [-0.25, -0.2) is 4.98 Å². The summed E-state index contributed by atoms with van der Waals surface area (Å²) in [7, 11) is 1.31. The van der Waals surface area contributed by atoms with E-state index in [-0.39, 0.29) is 5.97 Å². The van der Waals surface area contributed by atoms with Crippen LogP contribution < -0.4 is 5.73 Å². The number of hydrogen-bond donors (Lipinski definition) is 1. The third kappa shape index (κ3) is 5.43. The van der Waals surface area contributed by atoms with E-state index in [4.69, 9.17) is 5.73 Å². The second kappa shape index (κ2) is 6.36. The predicted octanol–water partition coefficient (Wildman–Crippen LogP) is 0.181. The van der Waals surface area contributed by atoms with Crippen molar-refractivity contribution in [1.29, 1.82) is 0 Å². The number of hydrogen-bond acceptors (Lipinski definition) is 5. The molecule has 0 bridgehead atoms. The van der Waals surface area contributed by atoms with Crippen LogP contribution in [0.5, 0.6) is 0 Å². The second-order valence-corrected chi connectivity index (χ2v) is 1.99. The molecule has 5 nitrogen and oxygen atoms in total. The standard InChI is InChI=1S/C4H9NO2.C3H3NO/c1-3(5)4(6)7-2;1-2-5-3-4-1/h3H,5H2,1-2H3;1-3H. The Morgan fingerprint density at radius 3 is 2.50 bits per heavy atom. The van der Waals surface area contributed by atoms with Crippen LogP contribution in [0.15, 0.2) is 23.3 Å². The van der Waals surface area contributed by atoms with Gasteiger partial charge in [-0.3, -0.25) is 4.79 Å². The SMILES string of the molecule is COC(=O)C(C)N.c1cocn1. The zero-order valence-corrected chi connectivity index (χ0v) is 7.06. The van der Waals surface area contributed by atoms with E-state index in [0.29, 0.717) is 0 Å². The Bertz CT molecular complexity index is 179. The lowest BCUT2D eigenvalue weighted by Gasteiger charge is -1.98. The topological polar surface area (TPSA) is 78.4 Å². The Balaban J connectivity index is 0.000000211. The number of carbonyl (C=O) groups is 1. The summed E-state index contributed by atoms with van der Waals surface area (Å²) >= 11 is 0. The lowest BCUT2D eigenvalue weighted by atomic mass is 10.4. The first-order valence-corrected chi connectivity index (χ1v) is 3.34. The molecule has 0 spiro atoms. The highest BCUT2D eigenvalue weighted by Crippen LogP contribution is 1.76. The molecule has 0 saturated carbocycles. The molecule has 0 aromatic carbocycles. The molecule has 1 heterocycles. The van der Waals surface area contributed by atoms with E-state index in [1.54, 1.807) is 13.1 Å². The van der Waals surface area contributed by atoms with Crippen molar-refractivity contribution in [2.45, 2.75) is 13.0 Å². The summed E-state index contributed by atoms with van der Waals surface area (Å²) in [6.07, 6.45) is 4.47. The van der Waals surface area contributed by atoms with Crippen LogP contribution in [0.4, 0.5) is 0 Å². The monoisotopic (exact) mass is 172 g/mol. The zero-order valence-electron chi connectivity index (χ0n) is 7.06. The minimum atomic E-state index is -0.495. The van der Waals surface area contributed by atoms with E-state index in [2.05, 4.69) is 14.1 Å². The summed E-state index contributed by atoms with van der Waals surface area (Å²) in [4.78, 5) is 13.7. The van der Waals surface area contributed by atoms with Crippen LogP contribution in [0.3, 0.4) is 0 Å². The van der Waals surface area contributed by atoms with E-state index >= 15 is 0 Å². The molecule has 1 atom stereocenters. The Labute approximate surface area is 70.5 Å². The molecule has 1 rings (SSSR count). The molecule has 0 saturated heterocycles.